The van der Waals surface area contributed by atoms with Gasteiger partial charge in [-0.3, -0.25) is 0 Å². The minimum atomic E-state index is 0.406. The second-order valence-corrected chi connectivity index (χ2v) is 3.70. The van der Waals surface area contributed by atoms with Crippen LogP contribution in [0.4, 0.5) is 5.69 Å². The Labute approximate surface area is 113 Å². The molecule has 0 aliphatic carbocycles. The Morgan fingerprint density at radius 3 is 2.11 bits per heavy atom. The van der Waals surface area contributed by atoms with E-state index < -0.39 is 0 Å². The molecule has 6 nitrogen and oxygen atoms in total. The number of nitrogen functional groups attached to an aromatic ring is 1. The zero-order valence-corrected chi connectivity index (χ0v) is 11.6. The van der Waals surface area contributed by atoms with Crippen LogP contribution in [0.1, 0.15) is 0 Å². The lowest BCUT2D eigenvalue weighted by atomic mass is 10.2. The molecular formula is C13H21NO5. The second-order valence-electron chi connectivity index (χ2n) is 3.70. The van der Waals surface area contributed by atoms with E-state index >= 15 is 0 Å². The van der Waals surface area contributed by atoms with Crippen LogP contribution in [0.25, 0.3) is 0 Å². The van der Waals surface area contributed by atoms with Gasteiger partial charge < -0.3 is 29.4 Å². The summed E-state index contributed by atoms with van der Waals surface area (Å²) in [6.45, 7) is 1.99. The molecule has 0 heterocycles. The van der Waals surface area contributed by atoms with Gasteiger partial charge in [0.2, 0.25) is 0 Å². The molecule has 1 aromatic carbocycles. The number of benzene rings is 1. The maximum absolute atomic E-state index is 5.86. The molecular weight excluding hydrogens is 250 g/mol. The third kappa shape index (κ3) is 4.84. The van der Waals surface area contributed by atoms with Gasteiger partial charge in [0, 0.05) is 19.2 Å². The van der Waals surface area contributed by atoms with Crippen molar-refractivity contribution < 1.29 is 23.7 Å². The highest BCUT2D eigenvalue weighted by atomic mass is 16.5. The molecule has 1 aromatic rings. The van der Waals surface area contributed by atoms with Gasteiger partial charge in [-0.25, -0.2) is 0 Å². The Kier molecular flexibility index (Phi) is 6.84. The van der Waals surface area contributed by atoms with E-state index in [1.54, 1.807) is 33.5 Å². The van der Waals surface area contributed by atoms with Crippen molar-refractivity contribution in [2.24, 2.45) is 0 Å². The van der Waals surface area contributed by atoms with Crippen LogP contribution >= 0.6 is 0 Å². The Morgan fingerprint density at radius 1 is 0.842 bits per heavy atom. The topological polar surface area (TPSA) is 72.2 Å². The summed E-state index contributed by atoms with van der Waals surface area (Å²) < 4.78 is 26.0. The molecule has 0 radical (unpaired) electrons. The molecule has 0 bridgehead atoms. The van der Waals surface area contributed by atoms with Gasteiger partial charge in [-0.15, -0.1) is 0 Å². The molecule has 6 heteroatoms. The Morgan fingerprint density at radius 2 is 1.47 bits per heavy atom. The number of ether oxygens (including phenoxy) is 5. The maximum Gasteiger partial charge on any atom is 0.164 e. The third-order valence-electron chi connectivity index (χ3n) is 2.43. The summed E-state index contributed by atoms with van der Waals surface area (Å²) in [5, 5.41) is 0. The maximum atomic E-state index is 5.86. The third-order valence-corrected chi connectivity index (χ3v) is 2.43. The summed E-state index contributed by atoms with van der Waals surface area (Å²) in [6, 6.07) is 3.36. The van der Waals surface area contributed by atoms with Gasteiger partial charge in [-0.2, -0.15) is 0 Å². The van der Waals surface area contributed by atoms with E-state index in [1.807, 2.05) is 0 Å². The Balaban J connectivity index is 2.49. The van der Waals surface area contributed by atoms with Crippen LogP contribution < -0.4 is 19.9 Å². The first-order chi connectivity index (χ1) is 9.22. The fourth-order valence-electron chi connectivity index (χ4n) is 1.46. The molecule has 0 saturated carbocycles. The van der Waals surface area contributed by atoms with E-state index in [2.05, 4.69) is 0 Å². The standard InChI is InChI=1S/C13H21NO5/c1-15-4-5-18-6-7-19-11-9-13(17-3)12(16-2)8-10(11)14/h8-9H,4-7,14H2,1-3H3. The first kappa shape index (κ1) is 15.4. The number of methoxy groups -OCH3 is 3. The van der Waals surface area contributed by atoms with Crippen molar-refractivity contribution in [1.82, 2.24) is 0 Å². The van der Waals surface area contributed by atoms with Crippen molar-refractivity contribution in [3.63, 3.8) is 0 Å². The smallest absolute Gasteiger partial charge is 0.164 e. The molecule has 19 heavy (non-hydrogen) atoms. The number of nitrogens with two attached hydrogens (primary N) is 1. The number of rotatable bonds is 9. The van der Waals surface area contributed by atoms with Crippen LogP contribution in [0.5, 0.6) is 17.2 Å². The SMILES string of the molecule is COCCOCCOc1cc(OC)c(OC)cc1N. The molecule has 2 N–H and O–H groups in total. The predicted octanol–water partition coefficient (Wildman–Crippen LogP) is 1.33. The lowest BCUT2D eigenvalue weighted by molar-refractivity contribution is 0.0545. The molecule has 108 valence electrons. The molecule has 0 aromatic heterocycles. The Bertz CT molecular complexity index is 384. The van der Waals surface area contributed by atoms with Gasteiger partial charge in [0.15, 0.2) is 11.5 Å². The number of anilines is 1. The Hall–Kier alpha value is -1.66. The molecule has 0 aliphatic rings. The molecule has 0 aliphatic heterocycles. The van der Waals surface area contributed by atoms with Crippen molar-refractivity contribution in [3.8, 4) is 17.2 Å². The summed E-state index contributed by atoms with van der Waals surface area (Å²) in [7, 11) is 4.75. The molecule has 1 rings (SSSR count). The fraction of sp³-hybridized carbons (Fsp3) is 0.538. The van der Waals surface area contributed by atoms with E-state index in [9.17, 15) is 0 Å². The van der Waals surface area contributed by atoms with E-state index in [0.717, 1.165) is 0 Å². The van der Waals surface area contributed by atoms with E-state index in [0.29, 0.717) is 49.4 Å². The predicted molar refractivity (Wildman–Crippen MR) is 72.1 cm³/mol. The normalized spacial score (nSPS) is 10.3. The van der Waals surface area contributed by atoms with Crippen LogP contribution in [0.2, 0.25) is 0 Å². The molecule has 0 spiro atoms. The highest BCUT2D eigenvalue weighted by molar-refractivity contribution is 5.61. The van der Waals surface area contributed by atoms with Gasteiger partial charge in [0.25, 0.3) is 0 Å². The lowest BCUT2D eigenvalue weighted by Gasteiger charge is -2.13. The van der Waals surface area contributed by atoms with Crippen LogP contribution in [0.3, 0.4) is 0 Å². The fourth-order valence-corrected chi connectivity index (χ4v) is 1.46. The largest absolute Gasteiger partial charge is 0.493 e. The van der Waals surface area contributed by atoms with Crippen molar-refractivity contribution in [1.29, 1.82) is 0 Å². The zero-order valence-electron chi connectivity index (χ0n) is 11.6. The van der Waals surface area contributed by atoms with Crippen molar-refractivity contribution in [3.05, 3.63) is 12.1 Å². The minimum absolute atomic E-state index is 0.406. The van der Waals surface area contributed by atoms with Gasteiger partial charge in [-0.05, 0) is 0 Å². The molecule has 0 saturated heterocycles. The molecule has 0 unspecified atom stereocenters. The van der Waals surface area contributed by atoms with Gasteiger partial charge in [0.1, 0.15) is 12.4 Å². The van der Waals surface area contributed by atoms with Gasteiger partial charge in [-0.1, -0.05) is 0 Å². The number of hydrogen-bond acceptors (Lipinski definition) is 6. The molecule has 0 amide bonds. The summed E-state index contributed by atoms with van der Waals surface area (Å²) in [6.07, 6.45) is 0. The zero-order chi connectivity index (χ0) is 14.1. The van der Waals surface area contributed by atoms with Crippen molar-refractivity contribution in [2.75, 3.05) is 53.5 Å². The van der Waals surface area contributed by atoms with E-state index in [4.69, 9.17) is 29.4 Å². The van der Waals surface area contributed by atoms with Crippen LogP contribution in [0.15, 0.2) is 12.1 Å². The first-order valence-electron chi connectivity index (χ1n) is 5.94. The highest BCUT2D eigenvalue weighted by Crippen LogP contribution is 2.36. The van der Waals surface area contributed by atoms with Crippen LogP contribution in [0, 0.1) is 0 Å². The van der Waals surface area contributed by atoms with Crippen LogP contribution in [-0.4, -0.2) is 47.8 Å². The second kappa shape index (κ2) is 8.44. The van der Waals surface area contributed by atoms with Gasteiger partial charge in [0.05, 0.1) is 39.7 Å². The summed E-state index contributed by atoms with van der Waals surface area (Å²) in [5.74, 6) is 1.70. The van der Waals surface area contributed by atoms with Crippen LogP contribution in [-0.2, 0) is 9.47 Å². The van der Waals surface area contributed by atoms with E-state index in [-0.39, 0.29) is 0 Å². The average molecular weight is 271 g/mol. The van der Waals surface area contributed by atoms with Gasteiger partial charge >= 0.3 is 0 Å². The molecule has 0 atom stereocenters. The summed E-state index contributed by atoms with van der Waals surface area (Å²) >= 11 is 0. The number of hydrogen-bond donors (Lipinski definition) is 1. The van der Waals surface area contributed by atoms with Crippen molar-refractivity contribution in [2.45, 2.75) is 0 Å². The summed E-state index contributed by atoms with van der Waals surface area (Å²) in [5.41, 5.74) is 6.36. The summed E-state index contributed by atoms with van der Waals surface area (Å²) in [4.78, 5) is 0. The lowest BCUT2D eigenvalue weighted by Crippen LogP contribution is -2.10. The average Bonchev–Trinajstić information content (AvgIpc) is 2.43. The monoisotopic (exact) mass is 271 g/mol. The minimum Gasteiger partial charge on any atom is -0.493 e. The van der Waals surface area contributed by atoms with Crippen molar-refractivity contribution >= 4 is 5.69 Å². The highest BCUT2D eigenvalue weighted by Gasteiger charge is 2.09. The van der Waals surface area contributed by atoms with E-state index in [1.165, 1.54) is 0 Å². The molecule has 0 fully saturated rings. The quantitative estimate of drug-likeness (QED) is 0.539. The first-order valence-corrected chi connectivity index (χ1v) is 5.94.